The van der Waals surface area contributed by atoms with E-state index in [1.165, 1.54) is 12.1 Å². The lowest BCUT2D eigenvalue weighted by molar-refractivity contribution is -0.274. The van der Waals surface area contributed by atoms with Gasteiger partial charge in [0.25, 0.3) is 0 Å². The highest BCUT2D eigenvalue weighted by Crippen LogP contribution is 2.52. The predicted octanol–water partition coefficient (Wildman–Crippen LogP) is 7.13. The molecule has 1 aromatic heterocycles. The van der Waals surface area contributed by atoms with Gasteiger partial charge in [0.15, 0.2) is 0 Å². The number of hydrogen-bond donors (Lipinski definition) is 0. The van der Waals surface area contributed by atoms with E-state index in [9.17, 15) is 13.2 Å². The van der Waals surface area contributed by atoms with Gasteiger partial charge in [-0.3, -0.25) is 4.98 Å². The van der Waals surface area contributed by atoms with Crippen molar-refractivity contribution in [1.29, 1.82) is 0 Å². The summed E-state index contributed by atoms with van der Waals surface area (Å²) < 4.78 is 41.5. The number of rotatable bonds is 4. The molecule has 0 N–H and O–H groups in total. The summed E-state index contributed by atoms with van der Waals surface area (Å²) >= 11 is 0. The molecule has 1 aromatic carbocycles. The molecular weight excluding hydrogens is 339 g/mol. The van der Waals surface area contributed by atoms with Crippen LogP contribution in [0.15, 0.2) is 36.5 Å². The van der Waals surface area contributed by atoms with E-state index in [-0.39, 0.29) is 13.2 Å². The van der Waals surface area contributed by atoms with E-state index in [1.54, 1.807) is 12.3 Å². The van der Waals surface area contributed by atoms with Crippen LogP contribution in [0.2, 0.25) is 0 Å². The molecule has 1 aliphatic rings. The molecule has 3 rings (SSSR count). The van der Waals surface area contributed by atoms with Gasteiger partial charge in [-0.05, 0) is 54.5 Å². The molecule has 0 bridgehead atoms. The maximum Gasteiger partial charge on any atom is 0.573 e. The first-order valence-electron chi connectivity index (χ1n) is 8.70. The lowest BCUT2D eigenvalue weighted by Gasteiger charge is -2.14. The zero-order chi connectivity index (χ0) is 18.6. The molecule has 26 heavy (non-hydrogen) atoms. The Morgan fingerprint density at radius 1 is 1.15 bits per heavy atom. The third-order valence-electron chi connectivity index (χ3n) is 4.29. The van der Waals surface area contributed by atoms with Gasteiger partial charge in [0.1, 0.15) is 5.75 Å². The number of ether oxygens (including phenoxy) is 1. The minimum absolute atomic E-state index is 0. The second-order valence-corrected chi connectivity index (χ2v) is 6.03. The van der Waals surface area contributed by atoms with Gasteiger partial charge in [-0.15, -0.1) is 13.2 Å². The van der Waals surface area contributed by atoms with Crippen LogP contribution in [0, 0.1) is 12.8 Å². The van der Waals surface area contributed by atoms with Crippen molar-refractivity contribution in [1.82, 2.24) is 4.98 Å². The van der Waals surface area contributed by atoms with Crippen LogP contribution in [0.1, 0.15) is 58.1 Å². The highest BCUT2D eigenvalue weighted by atomic mass is 19.4. The second kappa shape index (κ2) is 9.06. The van der Waals surface area contributed by atoms with Crippen LogP contribution in [0.4, 0.5) is 13.2 Å². The van der Waals surface area contributed by atoms with E-state index in [1.807, 2.05) is 32.9 Å². The molecule has 0 amide bonds. The predicted molar refractivity (Wildman–Crippen MR) is 100 cm³/mol. The lowest BCUT2D eigenvalue weighted by Crippen LogP contribution is -2.17. The Morgan fingerprint density at radius 2 is 1.85 bits per heavy atom. The van der Waals surface area contributed by atoms with Crippen molar-refractivity contribution in [2.45, 2.75) is 60.2 Å². The molecule has 0 saturated heterocycles. The van der Waals surface area contributed by atoms with Crippen LogP contribution in [0.25, 0.3) is 11.3 Å². The number of hydrogen-bond acceptors (Lipinski definition) is 2. The van der Waals surface area contributed by atoms with E-state index in [4.69, 9.17) is 0 Å². The molecule has 0 spiro atoms. The summed E-state index contributed by atoms with van der Waals surface area (Å²) in [5.74, 6) is 0.805. The van der Waals surface area contributed by atoms with Crippen molar-refractivity contribution in [3.63, 3.8) is 0 Å². The molecular formula is C21H28F3NO. The molecule has 0 aliphatic heterocycles. The van der Waals surface area contributed by atoms with Crippen LogP contribution < -0.4 is 4.74 Å². The first-order chi connectivity index (χ1) is 11.9. The van der Waals surface area contributed by atoms with Gasteiger partial charge < -0.3 is 4.74 Å². The number of aryl methyl sites for hydroxylation is 1. The summed E-state index contributed by atoms with van der Waals surface area (Å²) in [5.41, 5.74) is 3.48. The number of aromatic nitrogens is 1. The van der Waals surface area contributed by atoms with Crippen LogP contribution in [0.3, 0.4) is 0 Å². The van der Waals surface area contributed by atoms with E-state index in [0.717, 1.165) is 29.5 Å². The Hall–Kier alpha value is -2.04. The average molecular weight is 367 g/mol. The third kappa shape index (κ3) is 5.48. The second-order valence-electron chi connectivity index (χ2n) is 6.03. The van der Waals surface area contributed by atoms with E-state index in [2.05, 4.69) is 16.6 Å². The standard InChI is InChI=1S/C18H18F3NO.C2H6.CH4/c1-3-12-8-15(12)14-6-5-13(23-18(19,20)21)9-16(14)17-7-4-11(2)10-22-17;1-2;/h4-7,9-10,12,15H,3,8H2,1-2H3;1-2H3;1H4. The number of alkyl halides is 3. The number of pyridine rings is 1. The van der Waals surface area contributed by atoms with E-state index in [0.29, 0.717) is 17.5 Å². The first kappa shape index (κ1) is 22.0. The Balaban J connectivity index is 0.00000109. The van der Waals surface area contributed by atoms with Crippen molar-refractivity contribution in [3.8, 4) is 17.0 Å². The summed E-state index contributed by atoms with van der Waals surface area (Å²) in [6.07, 6.45) is -0.813. The molecule has 144 valence electrons. The molecule has 5 heteroatoms. The maximum atomic E-state index is 12.5. The van der Waals surface area contributed by atoms with Crippen molar-refractivity contribution >= 4 is 0 Å². The summed E-state index contributed by atoms with van der Waals surface area (Å²) in [7, 11) is 0. The number of benzene rings is 1. The fraction of sp³-hybridized carbons (Fsp3) is 0.476. The highest BCUT2D eigenvalue weighted by Gasteiger charge is 2.38. The van der Waals surface area contributed by atoms with Crippen LogP contribution in [-0.4, -0.2) is 11.3 Å². The van der Waals surface area contributed by atoms with Crippen LogP contribution in [-0.2, 0) is 0 Å². The van der Waals surface area contributed by atoms with E-state index < -0.39 is 6.36 Å². The molecule has 2 unspecified atom stereocenters. The van der Waals surface area contributed by atoms with Crippen molar-refractivity contribution in [3.05, 3.63) is 47.7 Å². The molecule has 2 nitrogen and oxygen atoms in total. The molecule has 1 aliphatic carbocycles. The van der Waals surface area contributed by atoms with E-state index >= 15 is 0 Å². The summed E-state index contributed by atoms with van der Waals surface area (Å²) in [6, 6.07) is 8.35. The summed E-state index contributed by atoms with van der Waals surface area (Å²) in [4.78, 5) is 4.37. The number of nitrogens with zero attached hydrogens (tertiary/aromatic N) is 1. The summed E-state index contributed by atoms with van der Waals surface area (Å²) in [6.45, 7) is 8.06. The Morgan fingerprint density at radius 3 is 2.35 bits per heavy atom. The average Bonchev–Trinajstić information content (AvgIpc) is 3.35. The molecule has 2 atom stereocenters. The zero-order valence-corrected chi connectivity index (χ0v) is 15.0. The molecule has 1 saturated carbocycles. The molecule has 0 radical (unpaired) electrons. The molecule has 1 heterocycles. The fourth-order valence-corrected chi connectivity index (χ4v) is 2.98. The highest BCUT2D eigenvalue weighted by molar-refractivity contribution is 5.67. The van der Waals surface area contributed by atoms with Gasteiger partial charge in [0.2, 0.25) is 0 Å². The Bertz CT molecular complexity index is 695. The monoisotopic (exact) mass is 367 g/mol. The smallest absolute Gasteiger partial charge is 0.406 e. The SMILES string of the molecule is C.CC.CCC1CC1c1ccc(OC(F)(F)F)cc1-c1ccc(C)cn1. The topological polar surface area (TPSA) is 22.1 Å². The minimum atomic E-state index is -4.69. The molecule has 1 fully saturated rings. The van der Waals surface area contributed by atoms with Gasteiger partial charge in [0.05, 0.1) is 5.69 Å². The van der Waals surface area contributed by atoms with Gasteiger partial charge in [-0.1, -0.05) is 46.8 Å². The quantitative estimate of drug-likeness (QED) is 0.573. The first-order valence-corrected chi connectivity index (χ1v) is 8.70. The van der Waals surface area contributed by atoms with Crippen molar-refractivity contribution < 1.29 is 17.9 Å². The minimum Gasteiger partial charge on any atom is -0.406 e. The Labute approximate surface area is 154 Å². The lowest BCUT2D eigenvalue weighted by atomic mass is 9.98. The maximum absolute atomic E-state index is 12.5. The van der Waals surface area contributed by atoms with Gasteiger partial charge >= 0.3 is 6.36 Å². The van der Waals surface area contributed by atoms with Gasteiger partial charge in [-0.25, -0.2) is 0 Å². The Kier molecular flexibility index (Phi) is 7.67. The zero-order valence-electron chi connectivity index (χ0n) is 15.0. The van der Waals surface area contributed by atoms with Crippen molar-refractivity contribution in [2.24, 2.45) is 5.92 Å². The summed E-state index contributed by atoms with van der Waals surface area (Å²) in [5, 5.41) is 0. The van der Waals surface area contributed by atoms with Crippen molar-refractivity contribution in [2.75, 3.05) is 0 Å². The normalized spacial score (nSPS) is 18.3. The third-order valence-corrected chi connectivity index (χ3v) is 4.29. The van der Waals surface area contributed by atoms with Gasteiger partial charge in [-0.2, -0.15) is 0 Å². The molecule has 2 aromatic rings. The van der Waals surface area contributed by atoms with Crippen LogP contribution >= 0.6 is 0 Å². The van der Waals surface area contributed by atoms with Crippen LogP contribution in [0.5, 0.6) is 5.75 Å². The van der Waals surface area contributed by atoms with Gasteiger partial charge in [0, 0.05) is 11.8 Å². The number of halogens is 3. The largest absolute Gasteiger partial charge is 0.573 e. The fourth-order valence-electron chi connectivity index (χ4n) is 2.98.